The van der Waals surface area contributed by atoms with Gasteiger partial charge in [0.05, 0.1) is 12.0 Å². The molecule has 0 saturated heterocycles. The lowest BCUT2D eigenvalue weighted by Gasteiger charge is -2.05. The molecule has 0 aliphatic rings. The lowest BCUT2D eigenvalue weighted by Crippen LogP contribution is -2.12. The molecular weight excluding hydrogens is 190 g/mol. The smallest absolute Gasteiger partial charge is 0.182 e. The maximum atomic E-state index is 11.8. The minimum absolute atomic E-state index is 0.00463. The number of ketones is 1. The quantitative estimate of drug-likeness (QED) is 0.691. The van der Waals surface area contributed by atoms with Gasteiger partial charge in [0.25, 0.3) is 0 Å². The van der Waals surface area contributed by atoms with Crippen LogP contribution in [0.2, 0.25) is 0 Å². The molecule has 0 spiro atoms. The maximum absolute atomic E-state index is 11.8. The highest BCUT2D eigenvalue weighted by Gasteiger charge is 2.14. The molecule has 0 saturated carbocycles. The first-order valence-corrected chi connectivity index (χ1v) is 5.13. The Morgan fingerprint density at radius 2 is 2.47 bits per heavy atom. The third-order valence-corrected chi connectivity index (χ3v) is 2.15. The molecule has 0 N–H and O–H groups in total. The zero-order valence-corrected chi connectivity index (χ0v) is 9.10. The van der Waals surface area contributed by atoms with Crippen LogP contribution in [0.1, 0.15) is 37.2 Å². The number of carbonyl (C=O) groups is 1. The van der Waals surface area contributed by atoms with E-state index in [4.69, 9.17) is 5.26 Å². The van der Waals surface area contributed by atoms with Gasteiger partial charge in [0.2, 0.25) is 0 Å². The van der Waals surface area contributed by atoms with E-state index < -0.39 is 0 Å². The van der Waals surface area contributed by atoms with Gasteiger partial charge in [-0.2, -0.15) is 10.4 Å². The first-order valence-electron chi connectivity index (χ1n) is 5.13. The molecule has 0 bridgehead atoms. The summed E-state index contributed by atoms with van der Waals surface area (Å²) in [5.41, 5.74) is 0.610. The summed E-state index contributed by atoms with van der Waals surface area (Å²) in [6.45, 7) is 4.53. The number of carbonyl (C=O) groups excluding carboxylic acids is 1. The fourth-order valence-electron chi connectivity index (χ4n) is 1.39. The van der Waals surface area contributed by atoms with Crippen molar-refractivity contribution in [3.05, 3.63) is 18.0 Å². The van der Waals surface area contributed by atoms with Gasteiger partial charge in [-0.25, -0.2) is 0 Å². The van der Waals surface area contributed by atoms with Crippen LogP contribution in [-0.4, -0.2) is 15.6 Å². The molecule has 1 aromatic heterocycles. The van der Waals surface area contributed by atoms with Gasteiger partial charge in [0, 0.05) is 19.2 Å². The Morgan fingerprint density at radius 3 is 3.07 bits per heavy atom. The average molecular weight is 205 g/mol. The van der Waals surface area contributed by atoms with Gasteiger partial charge in [-0.3, -0.25) is 9.48 Å². The van der Waals surface area contributed by atoms with Crippen molar-refractivity contribution in [2.45, 2.75) is 33.2 Å². The van der Waals surface area contributed by atoms with E-state index in [0.29, 0.717) is 5.69 Å². The molecule has 4 nitrogen and oxygen atoms in total. The van der Waals surface area contributed by atoms with Crippen molar-refractivity contribution in [1.82, 2.24) is 9.78 Å². The summed E-state index contributed by atoms with van der Waals surface area (Å²) in [6, 6.07) is 3.77. The number of aromatic nitrogens is 2. The predicted molar refractivity (Wildman–Crippen MR) is 56.2 cm³/mol. The topological polar surface area (TPSA) is 58.7 Å². The maximum Gasteiger partial charge on any atom is 0.182 e. The summed E-state index contributed by atoms with van der Waals surface area (Å²) in [5.74, 6) is -0.238. The van der Waals surface area contributed by atoms with E-state index >= 15 is 0 Å². The van der Waals surface area contributed by atoms with Crippen LogP contribution >= 0.6 is 0 Å². The summed E-state index contributed by atoms with van der Waals surface area (Å²) >= 11 is 0. The van der Waals surface area contributed by atoms with E-state index in [1.54, 1.807) is 23.9 Å². The molecule has 1 rings (SSSR count). The standard InChI is InChI=1S/C11H15N3O/c1-3-6-14-10(4-5-13-14)11(15)7-9(2)8-12/h4-5,9H,3,6-7H2,1-2H3. The normalized spacial score (nSPS) is 12.1. The molecule has 1 aromatic rings. The third kappa shape index (κ3) is 2.91. The van der Waals surface area contributed by atoms with E-state index in [-0.39, 0.29) is 18.1 Å². The van der Waals surface area contributed by atoms with Crippen molar-refractivity contribution in [3.8, 4) is 6.07 Å². The van der Waals surface area contributed by atoms with Crippen LogP contribution in [0.25, 0.3) is 0 Å². The molecule has 0 amide bonds. The van der Waals surface area contributed by atoms with E-state index in [2.05, 4.69) is 11.2 Å². The second kappa shape index (κ2) is 5.30. The highest BCUT2D eigenvalue weighted by Crippen LogP contribution is 2.09. The van der Waals surface area contributed by atoms with Gasteiger partial charge >= 0.3 is 0 Å². The average Bonchev–Trinajstić information content (AvgIpc) is 2.66. The van der Waals surface area contributed by atoms with Gasteiger partial charge < -0.3 is 0 Å². The fraction of sp³-hybridized carbons (Fsp3) is 0.545. The third-order valence-electron chi connectivity index (χ3n) is 2.15. The summed E-state index contributed by atoms with van der Waals surface area (Å²) in [6.07, 6.45) is 2.83. The Bertz CT molecular complexity index is 375. The molecule has 0 radical (unpaired) electrons. The summed E-state index contributed by atoms with van der Waals surface area (Å²) < 4.78 is 1.70. The van der Waals surface area contributed by atoms with E-state index in [0.717, 1.165) is 13.0 Å². The predicted octanol–water partition coefficient (Wildman–Crippen LogP) is 2.03. The molecule has 0 aromatic carbocycles. The molecule has 1 unspecified atom stereocenters. The Kier molecular flexibility index (Phi) is 4.04. The molecule has 1 heterocycles. The largest absolute Gasteiger partial charge is 0.292 e. The number of aryl methyl sites for hydroxylation is 1. The number of nitrogens with zero attached hydrogens (tertiary/aromatic N) is 3. The Hall–Kier alpha value is -1.63. The van der Waals surface area contributed by atoms with E-state index in [9.17, 15) is 4.79 Å². The van der Waals surface area contributed by atoms with Crippen LogP contribution in [-0.2, 0) is 6.54 Å². The molecule has 4 heteroatoms. The van der Waals surface area contributed by atoms with Gasteiger partial charge in [0.1, 0.15) is 5.69 Å². The van der Waals surface area contributed by atoms with Crippen LogP contribution in [0.15, 0.2) is 12.3 Å². The monoisotopic (exact) mass is 205 g/mol. The van der Waals surface area contributed by atoms with Crippen molar-refractivity contribution in [1.29, 1.82) is 5.26 Å². The molecule has 0 aliphatic heterocycles. The number of rotatable bonds is 5. The van der Waals surface area contributed by atoms with Crippen LogP contribution in [0.4, 0.5) is 0 Å². The highest BCUT2D eigenvalue weighted by molar-refractivity contribution is 5.94. The molecule has 80 valence electrons. The van der Waals surface area contributed by atoms with Crippen LogP contribution in [0.5, 0.6) is 0 Å². The number of hydrogen-bond acceptors (Lipinski definition) is 3. The lowest BCUT2D eigenvalue weighted by atomic mass is 10.0. The Labute approximate surface area is 89.5 Å². The molecular formula is C11H15N3O. The fourth-order valence-corrected chi connectivity index (χ4v) is 1.39. The second-order valence-electron chi connectivity index (χ2n) is 3.60. The van der Waals surface area contributed by atoms with Gasteiger partial charge in [-0.1, -0.05) is 6.92 Å². The number of Topliss-reactive ketones (excluding diaryl/α,β-unsaturated/α-hetero) is 1. The van der Waals surface area contributed by atoms with E-state index in [1.807, 2.05) is 6.92 Å². The van der Waals surface area contributed by atoms with Crippen LogP contribution in [0.3, 0.4) is 0 Å². The first-order chi connectivity index (χ1) is 7.19. The van der Waals surface area contributed by atoms with Gasteiger partial charge in [-0.15, -0.1) is 0 Å². The Morgan fingerprint density at radius 1 is 1.73 bits per heavy atom. The summed E-state index contributed by atoms with van der Waals surface area (Å²) in [4.78, 5) is 11.8. The minimum atomic E-state index is -0.234. The van der Waals surface area contributed by atoms with Crippen molar-refractivity contribution < 1.29 is 4.79 Å². The molecule has 0 fully saturated rings. The van der Waals surface area contributed by atoms with Crippen molar-refractivity contribution in [3.63, 3.8) is 0 Å². The minimum Gasteiger partial charge on any atom is -0.292 e. The van der Waals surface area contributed by atoms with Crippen molar-refractivity contribution in [2.24, 2.45) is 5.92 Å². The molecule has 15 heavy (non-hydrogen) atoms. The zero-order valence-electron chi connectivity index (χ0n) is 9.10. The van der Waals surface area contributed by atoms with Crippen molar-refractivity contribution >= 4 is 5.78 Å². The molecule has 1 atom stereocenters. The highest BCUT2D eigenvalue weighted by atomic mass is 16.1. The number of nitriles is 1. The van der Waals surface area contributed by atoms with Crippen LogP contribution < -0.4 is 0 Å². The summed E-state index contributed by atoms with van der Waals surface area (Å²) in [7, 11) is 0. The summed E-state index contributed by atoms with van der Waals surface area (Å²) in [5, 5.41) is 12.7. The van der Waals surface area contributed by atoms with E-state index in [1.165, 1.54) is 0 Å². The SMILES string of the molecule is CCCn1nccc1C(=O)CC(C)C#N. The van der Waals surface area contributed by atoms with Crippen LogP contribution in [0, 0.1) is 17.2 Å². The van der Waals surface area contributed by atoms with Gasteiger partial charge in [0.15, 0.2) is 5.78 Å². The molecule has 0 aliphatic carbocycles. The first kappa shape index (κ1) is 11.4. The second-order valence-corrected chi connectivity index (χ2v) is 3.60. The Balaban J connectivity index is 2.73. The zero-order chi connectivity index (χ0) is 11.3. The van der Waals surface area contributed by atoms with Crippen molar-refractivity contribution in [2.75, 3.05) is 0 Å². The lowest BCUT2D eigenvalue weighted by molar-refractivity contribution is 0.0962. The van der Waals surface area contributed by atoms with Gasteiger partial charge in [-0.05, 0) is 19.4 Å². The number of hydrogen-bond donors (Lipinski definition) is 0.